The molecule has 0 saturated heterocycles. The van der Waals surface area contributed by atoms with Crippen molar-refractivity contribution in [3.63, 3.8) is 0 Å². The van der Waals surface area contributed by atoms with E-state index in [4.69, 9.17) is 18.9 Å². The number of esters is 3. The number of rotatable bonds is 9. The minimum Gasteiger partial charge on any atom is -0.497 e. The maximum absolute atomic E-state index is 12.4. The van der Waals surface area contributed by atoms with Gasteiger partial charge in [-0.05, 0) is 44.5 Å². The van der Waals surface area contributed by atoms with Gasteiger partial charge in [-0.1, -0.05) is 6.07 Å². The molecule has 10 heteroatoms. The summed E-state index contributed by atoms with van der Waals surface area (Å²) in [4.78, 5) is 49.2. The molecule has 31 heavy (non-hydrogen) atoms. The Bertz CT molecular complexity index is 982. The van der Waals surface area contributed by atoms with Crippen molar-refractivity contribution in [3.8, 4) is 5.75 Å². The van der Waals surface area contributed by atoms with E-state index < -0.39 is 30.4 Å². The molecule has 1 aromatic carbocycles. The number of anilines is 1. The zero-order valence-electron chi connectivity index (χ0n) is 17.6. The van der Waals surface area contributed by atoms with Crippen LogP contribution in [0.2, 0.25) is 0 Å². The molecule has 1 heterocycles. The Hall–Kier alpha value is -3.40. The van der Waals surface area contributed by atoms with Crippen molar-refractivity contribution < 1.29 is 38.1 Å². The Kier molecular flexibility index (Phi) is 8.56. The monoisotopic (exact) mass is 449 g/mol. The summed E-state index contributed by atoms with van der Waals surface area (Å²) in [6, 6.07) is 6.29. The van der Waals surface area contributed by atoms with Crippen LogP contribution in [-0.2, 0) is 19.0 Å². The first-order chi connectivity index (χ1) is 14.8. The minimum atomic E-state index is -0.714. The fraction of sp³-hybridized carbons (Fsp3) is 0.333. The second kappa shape index (κ2) is 11.1. The highest BCUT2D eigenvalue weighted by molar-refractivity contribution is 7.18. The van der Waals surface area contributed by atoms with E-state index in [-0.39, 0.29) is 34.2 Å². The lowest BCUT2D eigenvalue weighted by molar-refractivity contribution is -0.119. The summed E-state index contributed by atoms with van der Waals surface area (Å²) in [5.74, 6) is -2.22. The fourth-order valence-electron chi connectivity index (χ4n) is 2.57. The Labute approximate surface area is 183 Å². The smallest absolute Gasteiger partial charge is 0.348 e. The molecule has 166 valence electrons. The molecule has 0 aliphatic rings. The lowest BCUT2D eigenvalue weighted by Gasteiger charge is -2.08. The Morgan fingerprint density at radius 3 is 2.29 bits per heavy atom. The van der Waals surface area contributed by atoms with Gasteiger partial charge in [0.1, 0.15) is 15.6 Å². The van der Waals surface area contributed by atoms with Gasteiger partial charge < -0.3 is 24.3 Å². The van der Waals surface area contributed by atoms with Gasteiger partial charge >= 0.3 is 17.9 Å². The lowest BCUT2D eigenvalue weighted by Crippen LogP contribution is -2.21. The molecule has 0 unspecified atom stereocenters. The molecule has 1 N–H and O–H groups in total. The van der Waals surface area contributed by atoms with E-state index in [2.05, 4.69) is 5.32 Å². The number of methoxy groups -OCH3 is 1. The van der Waals surface area contributed by atoms with Gasteiger partial charge in [0.25, 0.3) is 5.91 Å². The first-order valence-electron chi connectivity index (χ1n) is 9.40. The van der Waals surface area contributed by atoms with Crippen LogP contribution >= 0.6 is 11.3 Å². The topological polar surface area (TPSA) is 117 Å². The predicted molar refractivity (Wildman–Crippen MR) is 113 cm³/mol. The molecule has 0 fully saturated rings. The highest BCUT2D eigenvalue weighted by Gasteiger charge is 2.27. The van der Waals surface area contributed by atoms with E-state index in [0.717, 1.165) is 11.3 Å². The van der Waals surface area contributed by atoms with Crippen molar-refractivity contribution in [1.29, 1.82) is 0 Å². The molecule has 0 spiro atoms. The zero-order valence-corrected chi connectivity index (χ0v) is 18.4. The molecule has 0 aliphatic heterocycles. The van der Waals surface area contributed by atoms with Crippen molar-refractivity contribution in [2.45, 2.75) is 20.8 Å². The summed E-state index contributed by atoms with van der Waals surface area (Å²) >= 11 is 0.888. The summed E-state index contributed by atoms with van der Waals surface area (Å²) in [5, 5.41) is 2.62. The molecule has 0 bridgehead atoms. The average molecular weight is 449 g/mol. The van der Waals surface area contributed by atoms with Gasteiger partial charge in [0.2, 0.25) is 0 Å². The van der Waals surface area contributed by atoms with Crippen LogP contribution in [0.25, 0.3) is 0 Å². The van der Waals surface area contributed by atoms with Gasteiger partial charge in [-0.15, -0.1) is 11.3 Å². The van der Waals surface area contributed by atoms with Gasteiger partial charge in [0, 0.05) is 0 Å². The number of benzene rings is 1. The second-order valence-electron chi connectivity index (χ2n) is 6.06. The summed E-state index contributed by atoms with van der Waals surface area (Å²) in [5.41, 5.74) is 0.615. The van der Waals surface area contributed by atoms with Crippen molar-refractivity contribution in [2.24, 2.45) is 0 Å². The van der Waals surface area contributed by atoms with Crippen LogP contribution in [0.1, 0.15) is 49.8 Å². The van der Waals surface area contributed by atoms with Crippen LogP contribution in [0.4, 0.5) is 5.00 Å². The maximum atomic E-state index is 12.4. The molecule has 2 rings (SSSR count). The van der Waals surface area contributed by atoms with Crippen LogP contribution in [-0.4, -0.2) is 50.7 Å². The van der Waals surface area contributed by atoms with Crippen LogP contribution in [0, 0.1) is 6.92 Å². The average Bonchev–Trinajstić information content (AvgIpc) is 3.08. The third kappa shape index (κ3) is 6.05. The Balaban J connectivity index is 2.15. The van der Waals surface area contributed by atoms with E-state index in [9.17, 15) is 19.2 Å². The van der Waals surface area contributed by atoms with Crippen LogP contribution in [0.15, 0.2) is 24.3 Å². The largest absolute Gasteiger partial charge is 0.497 e. The van der Waals surface area contributed by atoms with E-state index in [0.29, 0.717) is 11.3 Å². The highest BCUT2D eigenvalue weighted by atomic mass is 32.1. The Morgan fingerprint density at radius 2 is 1.65 bits per heavy atom. The van der Waals surface area contributed by atoms with Crippen molar-refractivity contribution in [3.05, 3.63) is 45.8 Å². The minimum absolute atomic E-state index is 0.0578. The van der Waals surface area contributed by atoms with E-state index >= 15 is 0 Å². The highest BCUT2D eigenvalue weighted by Crippen LogP contribution is 2.34. The van der Waals surface area contributed by atoms with Gasteiger partial charge in [0.15, 0.2) is 6.61 Å². The normalized spacial score (nSPS) is 10.2. The SMILES string of the molecule is CCOC(=O)c1sc(NC(=O)COC(=O)c2cccc(OC)c2)c(C(=O)OCC)c1C. The molecule has 1 aromatic heterocycles. The molecular formula is C21H23NO8S. The molecule has 0 radical (unpaired) electrons. The number of amides is 1. The van der Waals surface area contributed by atoms with Gasteiger partial charge in [-0.25, -0.2) is 14.4 Å². The molecule has 0 aliphatic carbocycles. The molecule has 9 nitrogen and oxygen atoms in total. The first-order valence-corrected chi connectivity index (χ1v) is 10.2. The number of carbonyl (C=O) groups excluding carboxylic acids is 4. The first kappa shape index (κ1) is 23.9. The number of hydrogen-bond donors (Lipinski definition) is 1. The van der Waals surface area contributed by atoms with Crippen molar-refractivity contribution in [1.82, 2.24) is 0 Å². The quantitative estimate of drug-likeness (QED) is 0.458. The van der Waals surface area contributed by atoms with Gasteiger partial charge in [-0.3, -0.25) is 4.79 Å². The maximum Gasteiger partial charge on any atom is 0.348 e. The number of nitrogens with one attached hydrogen (secondary N) is 1. The zero-order chi connectivity index (χ0) is 23.0. The van der Waals surface area contributed by atoms with E-state index in [1.807, 2.05) is 0 Å². The van der Waals surface area contributed by atoms with Crippen molar-refractivity contribution >= 4 is 40.2 Å². The third-order valence-corrected chi connectivity index (χ3v) is 5.17. The summed E-state index contributed by atoms with van der Waals surface area (Å²) in [6.45, 7) is 4.55. The predicted octanol–water partition coefficient (Wildman–Crippen LogP) is 3.21. The third-order valence-electron chi connectivity index (χ3n) is 3.98. The Morgan fingerprint density at radius 1 is 0.968 bits per heavy atom. The fourth-order valence-corrected chi connectivity index (χ4v) is 3.67. The van der Waals surface area contributed by atoms with E-state index in [1.165, 1.54) is 19.2 Å². The molecule has 0 saturated carbocycles. The van der Waals surface area contributed by atoms with Crippen LogP contribution in [0.3, 0.4) is 0 Å². The molecule has 0 atom stereocenters. The van der Waals surface area contributed by atoms with E-state index in [1.54, 1.807) is 32.9 Å². The second-order valence-corrected chi connectivity index (χ2v) is 7.08. The number of hydrogen-bond acceptors (Lipinski definition) is 9. The summed E-state index contributed by atoms with van der Waals surface area (Å²) in [7, 11) is 1.46. The lowest BCUT2D eigenvalue weighted by atomic mass is 10.1. The van der Waals surface area contributed by atoms with Crippen LogP contribution in [0.5, 0.6) is 5.75 Å². The number of thiophene rings is 1. The van der Waals surface area contributed by atoms with Crippen molar-refractivity contribution in [2.75, 3.05) is 32.2 Å². The molecule has 2 aromatic rings. The summed E-state index contributed by atoms with van der Waals surface area (Å²) < 4.78 is 20.1. The molecular weight excluding hydrogens is 426 g/mol. The number of ether oxygens (including phenoxy) is 4. The van der Waals surface area contributed by atoms with Gasteiger partial charge in [-0.2, -0.15) is 0 Å². The van der Waals surface area contributed by atoms with Crippen LogP contribution < -0.4 is 10.1 Å². The summed E-state index contributed by atoms with van der Waals surface area (Å²) in [6.07, 6.45) is 0. The number of carbonyl (C=O) groups is 4. The standard InChI is InChI=1S/C21H23NO8S/c1-5-28-20(25)16-12(3)17(21(26)29-6-2)31-18(16)22-15(23)11-30-19(24)13-8-7-9-14(10-13)27-4/h7-10H,5-6,11H2,1-4H3,(H,22,23). The molecule has 1 amide bonds. The van der Waals surface area contributed by atoms with Gasteiger partial charge in [0.05, 0.1) is 31.5 Å².